The van der Waals surface area contributed by atoms with Crippen LogP contribution in [0.4, 0.5) is 34.5 Å². The van der Waals surface area contributed by atoms with Gasteiger partial charge in [-0.05, 0) is 110 Å². The number of nitrogens with one attached hydrogen (secondary N) is 3. The molecule has 10 rings (SSSR count). The van der Waals surface area contributed by atoms with Crippen LogP contribution in [0.15, 0.2) is 71.5 Å². The van der Waals surface area contributed by atoms with Gasteiger partial charge in [-0.3, -0.25) is 34.3 Å². The van der Waals surface area contributed by atoms with Gasteiger partial charge in [-0.15, -0.1) is 0 Å². The van der Waals surface area contributed by atoms with Crippen LogP contribution >= 0.6 is 23.1 Å². The molecule has 7 heterocycles. The highest BCUT2D eigenvalue weighted by atomic mass is 79.9. The third kappa shape index (κ3) is 9.38. The van der Waals surface area contributed by atoms with Gasteiger partial charge in [0.15, 0.2) is 0 Å². The number of benzene rings is 3. The number of fused-ring (bicyclic) bond motifs is 2. The number of aryl methyl sites for hydroxylation is 2. The van der Waals surface area contributed by atoms with Gasteiger partial charge in [0.05, 0.1) is 46.1 Å². The van der Waals surface area contributed by atoms with Crippen LogP contribution in [0, 0.1) is 12.8 Å². The van der Waals surface area contributed by atoms with Crippen LogP contribution < -0.4 is 35.8 Å². The van der Waals surface area contributed by atoms with E-state index >= 15 is 0 Å². The van der Waals surface area contributed by atoms with E-state index in [9.17, 15) is 18.9 Å². The van der Waals surface area contributed by atoms with Crippen molar-refractivity contribution in [3.63, 3.8) is 0 Å². The maximum atomic E-state index is 13.7. The van der Waals surface area contributed by atoms with Crippen LogP contribution in [-0.2, 0) is 25.4 Å². The molecule has 0 aliphatic carbocycles. The Balaban J connectivity index is 0.736. The summed E-state index contributed by atoms with van der Waals surface area (Å²) in [6, 6.07) is 18.1. The van der Waals surface area contributed by atoms with Crippen LogP contribution in [0.1, 0.15) is 49.9 Å². The molecule has 3 aromatic heterocycles. The minimum Gasteiger partial charge on any atom is -0.494 e. The number of ether oxygens (including phenoxy) is 1. The van der Waals surface area contributed by atoms with Gasteiger partial charge >= 0.3 is 0 Å². The van der Waals surface area contributed by atoms with Gasteiger partial charge in [0.25, 0.3) is 5.91 Å². The minimum atomic E-state index is -2.74. The van der Waals surface area contributed by atoms with Crippen LogP contribution in [0.2, 0.25) is 0 Å². The SMILES string of the molecule is CCc1cc(Nc2ncc(Br)c(Nc3ccc4nc(C)ccc4c3P(C)(C)=O)n2)c(OC)cc1N1CCC(N2CCN(C(=O)C3CN(c4ccc5cnn(C6CCC(=O)NC6=O)c5c4)C3)CC2)CC1. The van der Waals surface area contributed by atoms with E-state index < -0.39 is 13.2 Å². The first-order valence-corrected chi connectivity index (χ1v) is 27.2. The molecular weight excluding hydrogens is 960 g/mol. The van der Waals surface area contributed by atoms with Crippen molar-refractivity contribution in [2.45, 2.75) is 58.0 Å². The van der Waals surface area contributed by atoms with E-state index in [1.54, 1.807) is 37.5 Å². The number of piperazine rings is 1. The molecule has 0 saturated carbocycles. The van der Waals surface area contributed by atoms with Gasteiger partial charge in [0, 0.05) is 110 Å². The second-order valence-electron chi connectivity index (χ2n) is 19.0. The number of hydrogen-bond donors (Lipinski definition) is 3. The molecule has 4 aliphatic rings. The molecule has 4 saturated heterocycles. The first-order valence-electron chi connectivity index (χ1n) is 23.8. The van der Waals surface area contributed by atoms with Crippen molar-refractivity contribution in [3.8, 4) is 5.75 Å². The maximum Gasteiger partial charge on any atom is 0.251 e. The fraction of sp³-hybridized carbons (Fsp3) is 0.420. The van der Waals surface area contributed by atoms with E-state index in [1.807, 2.05) is 49.4 Å². The molecule has 3 aromatic carbocycles. The molecule has 3 N–H and O–H groups in total. The molecule has 19 heteroatoms. The van der Waals surface area contributed by atoms with Crippen LogP contribution in [0.5, 0.6) is 5.75 Å². The molecule has 0 bridgehead atoms. The minimum absolute atomic E-state index is 0.0462. The highest BCUT2D eigenvalue weighted by Crippen LogP contribution is 2.43. The smallest absolute Gasteiger partial charge is 0.251 e. The largest absolute Gasteiger partial charge is 0.494 e. The van der Waals surface area contributed by atoms with Gasteiger partial charge in [-0.1, -0.05) is 13.0 Å². The molecule has 4 fully saturated rings. The number of imide groups is 1. The summed E-state index contributed by atoms with van der Waals surface area (Å²) in [6.07, 6.45) is 7.06. The predicted octanol–water partition coefficient (Wildman–Crippen LogP) is 6.98. The Kier molecular flexibility index (Phi) is 12.8. The lowest BCUT2D eigenvalue weighted by atomic mass is 9.96. The van der Waals surface area contributed by atoms with Gasteiger partial charge in [-0.25, -0.2) is 4.98 Å². The number of piperidine rings is 2. The number of nitrogens with zero attached hydrogens (tertiary/aromatic N) is 9. The molecular formula is C50H58BrN12O5P. The van der Waals surface area contributed by atoms with Crippen molar-refractivity contribution < 1.29 is 23.7 Å². The van der Waals surface area contributed by atoms with Gasteiger partial charge in [-0.2, -0.15) is 10.1 Å². The maximum absolute atomic E-state index is 13.7. The number of halogens is 1. The van der Waals surface area contributed by atoms with Crippen LogP contribution in [0.3, 0.4) is 0 Å². The molecule has 1 unspecified atom stereocenters. The lowest BCUT2D eigenvalue weighted by Crippen LogP contribution is -2.59. The number of pyridine rings is 1. The zero-order chi connectivity index (χ0) is 48.1. The van der Waals surface area contributed by atoms with Crippen LogP contribution in [0.25, 0.3) is 21.8 Å². The highest BCUT2D eigenvalue weighted by molar-refractivity contribution is 9.10. The second kappa shape index (κ2) is 19.0. The van der Waals surface area contributed by atoms with E-state index in [1.165, 1.54) is 11.3 Å². The number of hydrogen-bond acceptors (Lipinski definition) is 14. The molecule has 1 atom stereocenters. The summed E-state index contributed by atoms with van der Waals surface area (Å²) in [7, 11) is -1.06. The summed E-state index contributed by atoms with van der Waals surface area (Å²) in [6.45, 7) is 14.0. The van der Waals surface area contributed by atoms with Gasteiger partial charge < -0.3 is 34.6 Å². The average Bonchev–Trinajstić information content (AvgIpc) is 3.74. The Labute approximate surface area is 409 Å². The fourth-order valence-electron chi connectivity index (χ4n) is 10.5. The van der Waals surface area contributed by atoms with Gasteiger partial charge in [0.2, 0.25) is 17.8 Å². The third-order valence-corrected chi connectivity index (χ3v) is 16.3. The summed E-state index contributed by atoms with van der Waals surface area (Å²) in [5.74, 6) is 1.22. The van der Waals surface area contributed by atoms with Gasteiger partial charge in [0.1, 0.15) is 24.8 Å². The molecule has 360 valence electrons. The van der Waals surface area contributed by atoms with E-state index in [0.29, 0.717) is 59.6 Å². The number of methoxy groups -OCH3 is 1. The summed E-state index contributed by atoms with van der Waals surface area (Å²) >= 11 is 3.62. The topological polar surface area (TPSA) is 183 Å². The lowest BCUT2D eigenvalue weighted by molar-refractivity contribution is -0.138. The molecule has 4 aliphatic heterocycles. The van der Waals surface area contributed by atoms with E-state index in [2.05, 4.69) is 85.6 Å². The summed E-state index contributed by atoms with van der Waals surface area (Å²) in [4.78, 5) is 61.4. The van der Waals surface area contributed by atoms with Crippen molar-refractivity contribution in [3.05, 3.63) is 82.7 Å². The molecule has 0 spiro atoms. The highest BCUT2D eigenvalue weighted by Gasteiger charge is 2.38. The monoisotopic (exact) mass is 1020 g/mol. The molecule has 0 radical (unpaired) electrons. The van der Waals surface area contributed by atoms with Crippen molar-refractivity contribution in [2.24, 2.45) is 5.92 Å². The Bertz CT molecular complexity index is 3030. The van der Waals surface area contributed by atoms with Crippen molar-refractivity contribution in [1.29, 1.82) is 0 Å². The average molecular weight is 1020 g/mol. The number of carbonyl (C=O) groups excluding carboxylic acids is 3. The molecule has 3 amide bonds. The number of anilines is 6. The molecule has 17 nitrogen and oxygen atoms in total. The lowest BCUT2D eigenvalue weighted by Gasteiger charge is -2.46. The number of amides is 3. The standard InChI is InChI=1S/C50H58BrN12O5P/c1-6-31-23-40(56-50-52-27-37(51)47(58-50)55-39-12-11-38-36(10-7-30(2)54-38)46(39)69(4,5)67)44(68-3)25-42(31)60-17-15-34(16-18-60)59-19-21-61(22-20-59)49(66)33-28-62(29-33)35-9-8-32-26-53-63(43(32)24-35)41-13-14-45(64)57-48(41)65/h7-12,23-27,33-34,41H,6,13-22,28-29H2,1-5H3,(H,57,64,65)(H2,52,55,56,58). The van der Waals surface area contributed by atoms with Crippen molar-refractivity contribution in [2.75, 3.05) is 93.2 Å². The third-order valence-electron chi connectivity index (χ3n) is 14.2. The Hall–Kier alpha value is -6.10. The molecule has 69 heavy (non-hydrogen) atoms. The van der Waals surface area contributed by atoms with E-state index in [-0.39, 0.29) is 23.6 Å². The summed E-state index contributed by atoms with van der Waals surface area (Å²) < 4.78 is 22.0. The van der Waals surface area contributed by atoms with Crippen LogP contribution in [-0.4, -0.2) is 131 Å². The first-order chi connectivity index (χ1) is 33.2. The van der Waals surface area contributed by atoms with Crippen molar-refractivity contribution in [1.82, 2.24) is 39.8 Å². The number of aromatic nitrogens is 5. The Morgan fingerprint density at radius 2 is 1.68 bits per heavy atom. The number of carbonyl (C=O) groups is 3. The fourth-order valence-corrected chi connectivity index (χ4v) is 12.2. The van der Waals surface area contributed by atoms with Crippen molar-refractivity contribution >= 4 is 102 Å². The zero-order valence-electron chi connectivity index (χ0n) is 39.7. The Morgan fingerprint density at radius 3 is 2.41 bits per heavy atom. The summed E-state index contributed by atoms with van der Waals surface area (Å²) in [5, 5.41) is 16.3. The normalized spacial score (nSPS) is 18.7. The quantitative estimate of drug-likeness (QED) is 0.0844. The molecule has 6 aromatic rings. The second-order valence-corrected chi connectivity index (χ2v) is 23.0. The van der Waals surface area contributed by atoms with E-state index in [4.69, 9.17) is 9.72 Å². The summed E-state index contributed by atoms with van der Waals surface area (Å²) in [5.41, 5.74) is 7.37. The Morgan fingerprint density at radius 1 is 0.899 bits per heavy atom. The number of rotatable bonds is 12. The predicted molar refractivity (Wildman–Crippen MR) is 274 cm³/mol. The first kappa shape index (κ1) is 46.6. The van der Waals surface area contributed by atoms with E-state index in [0.717, 1.165) is 103 Å². The zero-order valence-corrected chi connectivity index (χ0v) is 42.1.